The summed E-state index contributed by atoms with van der Waals surface area (Å²) in [6.45, 7) is 13.8. The van der Waals surface area contributed by atoms with Gasteiger partial charge in [0.05, 0.1) is 7.11 Å². The molecule has 4 rings (SSSR count). The number of carbonyl (C=O) groups excluding carboxylic acids is 1. The number of ether oxygens (including phenoxy) is 1. The molecule has 0 aliphatic heterocycles. The lowest BCUT2D eigenvalue weighted by Gasteiger charge is -2.32. The number of phenolic OH excluding ortho intramolecular Hbond substituents is 1. The zero-order valence-electron chi connectivity index (χ0n) is 24.3. The van der Waals surface area contributed by atoms with Gasteiger partial charge in [0.2, 0.25) is 0 Å². The summed E-state index contributed by atoms with van der Waals surface area (Å²) in [6, 6.07) is 14.8. The summed E-state index contributed by atoms with van der Waals surface area (Å²) >= 11 is 0. The van der Waals surface area contributed by atoms with Crippen LogP contribution in [0.2, 0.25) is 0 Å². The third-order valence-corrected chi connectivity index (χ3v) is 7.19. The lowest BCUT2D eigenvalue weighted by Crippen LogP contribution is -2.29. The molecular weight excluding hydrogens is 509 g/mol. The smallest absolute Gasteiger partial charge is 0.359 e. The molecule has 4 aromatic rings. The van der Waals surface area contributed by atoms with Gasteiger partial charge in [-0.1, -0.05) is 71.9 Å². The number of halogens is 1. The highest BCUT2D eigenvalue weighted by Gasteiger charge is 2.39. The monoisotopic (exact) mass is 545 g/mol. The molecule has 0 amide bonds. The fourth-order valence-electron chi connectivity index (χ4n) is 5.08. The van der Waals surface area contributed by atoms with E-state index in [0.29, 0.717) is 33.4 Å². The molecular formula is C33H36FNO5. The Morgan fingerprint density at radius 2 is 1.50 bits per heavy atom. The van der Waals surface area contributed by atoms with Crippen molar-refractivity contribution in [1.82, 2.24) is 4.98 Å². The van der Waals surface area contributed by atoms with E-state index in [4.69, 9.17) is 9.15 Å². The molecule has 7 heteroatoms. The van der Waals surface area contributed by atoms with Crippen molar-refractivity contribution in [2.24, 2.45) is 0 Å². The standard InChI is InChI=1S/C33H36FNO5/c1-18-9-14-24-25(15-18)40-31(38)28(35-24)27(30(37)39-8)26(19-10-12-21(34)13-11-19)20-16-22(32(2,3)4)29(36)23(17-20)33(5,6)7/h9-17,26-27,36H,1-8H3. The largest absolute Gasteiger partial charge is 0.507 e. The van der Waals surface area contributed by atoms with Gasteiger partial charge in [0.1, 0.15) is 28.7 Å². The van der Waals surface area contributed by atoms with Crippen LogP contribution in [0.3, 0.4) is 0 Å². The lowest BCUT2D eigenvalue weighted by molar-refractivity contribution is -0.143. The molecule has 1 N–H and O–H groups in total. The highest BCUT2D eigenvalue weighted by molar-refractivity contribution is 5.81. The summed E-state index contributed by atoms with van der Waals surface area (Å²) in [7, 11) is 1.25. The quantitative estimate of drug-likeness (QED) is 0.271. The van der Waals surface area contributed by atoms with Crippen molar-refractivity contribution in [3.05, 3.63) is 104 Å². The summed E-state index contributed by atoms with van der Waals surface area (Å²) in [6.07, 6.45) is 0. The van der Waals surface area contributed by atoms with Crippen molar-refractivity contribution in [3.63, 3.8) is 0 Å². The van der Waals surface area contributed by atoms with Crippen LogP contribution in [0.1, 0.15) is 86.9 Å². The first kappa shape index (κ1) is 29.0. The van der Waals surface area contributed by atoms with Crippen molar-refractivity contribution in [3.8, 4) is 5.75 Å². The summed E-state index contributed by atoms with van der Waals surface area (Å²) < 4.78 is 24.9. The number of benzene rings is 3. The maximum Gasteiger partial charge on any atom is 0.359 e. The van der Waals surface area contributed by atoms with Crippen LogP contribution in [-0.2, 0) is 20.4 Å². The van der Waals surface area contributed by atoms with Crippen LogP contribution >= 0.6 is 0 Å². The maximum atomic E-state index is 14.1. The number of aromatic hydroxyl groups is 1. The van der Waals surface area contributed by atoms with E-state index in [1.54, 1.807) is 24.3 Å². The predicted octanol–water partition coefficient (Wildman–Crippen LogP) is 7.02. The number of carbonyl (C=O) groups is 1. The van der Waals surface area contributed by atoms with E-state index in [0.717, 1.165) is 5.56 Å². The summed E-state index contributed by atoms with van der Waals surface area (Å²) in [5, 5.41) is 11.4. The molecule has 0 fully saturated rings. The van der Waals surface area contributed by atoms with Crippen molar-refractivity contribution >= 4 is 17.1 Å². The molecule has 40 heavy (non-hydrogen) atoms. The Kier molecular flexibility index (Phi) is 7.63. The minimum Gasteiger partial charge on any atom is -0.507 e. The average molecular weight is 546 g/mol. The Morgan fingerprint density at radius 3 is 2.02 bits per heavy atom. The van der Waals surface area contributed by atoms with Crippen LogP contribution in [-0.4, -0.2) is 23.2 Å². The fourth-order valence-corrected chi connectivity index (χ4v) is 5.08. The third kappa shape index (κ3) is 5.64. The van der Waals surface area contributed by atoms with E-state index in [1.165, 1.54) is 19.2 Å². The van der Waals surface area contributed by atoms with E-state index in [-0.39, 0.29) is 11.4 Å². The first-order chi connectivity index (χ1) is 18.6. The molecule has 1 aromatic heterocycles. The minimum atomic E-state index is -1.22. The molecule has 0 aliphatic rings. The summed E-state index contributed by atoms with van der Waals surface area (Å²) in [4.78, 5) is 31.6. The van der Waals surface area contributed by atoms with Gasteiger partial charge in [-0.2, -0.15) is 0 Å². The van der Waals surface area contributed by atoms with E-state index in [1.807, 2.05) is 66.7 Å². The van der Waals surface area contributed by atoms with Crippen LogP contribution in [0.5, 0.6) is 5.75 Å². The fraction of sp³-hybridized carbons (Fsp3) is 0.364. The van der Waals surface area contributed by atoms with Crippen LogP contribution < -0.4 is 5.63 Å². The van der Waals surface area contributed by atoms with Crippen molar-refractivity contribution in [2.45, 2.75) is 71.1 Å². The zero-order chi connectivity index (χ0) is 29.6. The molecule has 0 bridgehead atoms. The van der Waals surface area contributed by atoms with Gasteiger partial charge >= 0.3 is 11.6 Å². The SMILES string of the molecule is COC(=O)C(c1nc2ccc(C)cc2oc1=O)C(c1ccc(F)cc1)c1cc(C(C)(C)C)c(O)c(C(C)(C)C)c1. The molecule has 6 nitrogen and oxygen atoms in total. The second-order valence-corrected chi connectivity index (χ2v) is 12.4. The Labute approximate surface area is 233 Å². The predicted molar refractivity (Wildman–Crippen MR) is 154 cm³/mol. The Balaban J connectivity index is 2.10. The third-order valence-electron chi connectivity index (χ3n) is 7.19. The van der Waals surface area contributed by atoms with E-state index >= 15 is 0 Å². The van der Waals surface area contributed by atoms with E-state index < -0.39 is 40.1 Å². The molecule has 1 heterocycles. The van der Waals surface area contributed by atoms with Gasteiger partial charge in [-0.3, -0.25) is 4.79 Å². The molecule has 210 valence electrons. The van der Waals surface area contributed by atoms with E-state index in [2.05, 4.69) is 4.98 Å². The van der Waals surface area contributed by atoms with Gasteiger partial charge in [0.15, 0.2) is 5.58 Å². The number of aromatic nitrogens is 1. The number of methoxy groups -OCH3 is 1. The lowest BCUT2D eigenvalue weighted by atomic mass is 9.73. The molecule has 0 saturated heterocycles. The molecule has 2 unspecified atom stereocenters. The van der Waals surface area contributed by atoms with Gasteiger partial charge < -0.3 is 14.3 Å². The van der Waals surface area contributed by atoms with Crippen LogP contribution in [0, 0.1) is 12.7 Å². The number of aryl methyl sites for hydroxylation is 1. The summed E-state index contributed by atoms with van der Waals surface area (Å²) in [5.41, 5.74) is 2.44. The van der Waals surface area contributed by atoms with E-state index in [9.17, 15) is 19.1 Å². The number of hydrogen-bond acceptors (Lipinski definition) is 6. The molecule has 3 aromatic carbocycles. The number of hydrogen-bond donors (Lipinski definition) is 1. The van der Waals surface area contributed by atoms with Gasteiger partial charge in [-0.05, 0) is 69.8 Å². The second-order valence-electron chi connectivity index (χ2n) is 12.4. The maximum absolute atomic E-state index is 14.1. The summed E-state index contributed by atoms with van der Waals surface area (Å²) in [5.74, 6) is -2.98. The Morgan fingerprint density at radius 1 is 0.925 bits per heavy atom. The first-order valence-electron chi connectivity index (χ1n) is 13.2. The Bertz CT molecular complexity index is 1590. The number of nitrogens with zero attached hydrogens (tertiary/aromatic N) is 1. The number of rotatable bonds is 5. The average Bonchev–Trinajstić information content (AvgIpc) is 2.86. The van der Waals surface area contributed by atoms with Crippen LogP contribution in [0.4, 0.5) is 4.39 Å². The number of fused-ring (bicyclic) bond motifs is 1. The van der Waals surface area contributed by atoms with Crippen molar-refractivity contribution in [1.29, 1.82) is 0 Å². The van der Waals surface area contributed by atoms with Crippen LogP contribution in [0.15, 0.2) is 63.8 Å². The molecule has 2 atom stereocenters. The van der Waals surface area contributed by atoms with Gasteiger partial charge in [0.25, 0.3) is 0 Å². The normalized spacial score (nSPS) is 13.7. The number of phenols is 1. The Hall–Kier alpha value is -4.00. The van der Waals surface area contributed by atoms with Crippen molar-refractivity contribution < 1.29 is 23.4 Å². The topological polar surface area (TPSA) is 89.6 Å². The molecule has 0 saturated carbocycles. The highest BCUT2D eigenvalue weighted by Crippen LogP contribution is 2.45. The highest BCUT2D eigenvalue weighted by atomic mass is 19.1. The van der Waals surface area contributed by atoms with Crippen LogP contribution in [0.25, 0.3) is 11.1 Å². The number of esters is 1. The van der Waals surface area contributed by atoms with Crippen molar-refractivity contribution in [2.75, 3.05) is 7.11 Å². The van der Waals surface area contributed by atoms with Gasteiger partial charge in [-0.15, -0.1) is 0 Å². The molecule has 0 radical (unpaired) electrons. The first-order valence-corrected chi connectivity index (χ1v) is 13.2. The minimum absolute atomic E-state index is 0.111. The molecule has 0 spiro atoms. The zero-order valence-corrected chi connectivity index (χ0v) is 24.3. The van der Waals surface area contributed by atoms with Gasteiger partial charge in [-0.25, -0.2) is 14.2 Å². The van der Waals surface area contributed by atoms with Gasteiger partial charge in [0, 0.05) is 5.92 Å². The molecule has 0 aliphatic carbocycles. The second kappa shape index (κ2) is 10.5.